The lowest BCUT2D eigenvalue weighted by Gasteiger charge is -2.21. The zero-order valence-corrected chi connectivity index (χ0v) is 13.9. The molecule has 3 heterocycles. The highest BCUT2D eigenvalue weighted by Crippen LogP contribution is 2.30. The van der Waals surface area contributed by atoms with E-state index in [0.717, 1.165) is 32.4 Å². The molecule has 1 N–H and O–H groups in total. The van der Waals surface area contributed by atoms with Gasteiger partial charge in [-0.25, -0.2) is 18.1 Å². The van der Waals surface area contributed by atoms with E-state index < -0.39 is 10.0 Å². The van der Waals surface area contributed by atoms with Crippen LogP contribution < -0.4 is 4.72 Å². The first kappa shape index (κ1) is 14.7. The maximum Gasteiger partial charge on any atom is 0.243 e. The predicted molar refractivity (Wildman–Crippen MR) is 80.3 cm³/mol. The lowest BCUT2D eigenvalue weighted by Crippen LogP contribution is -2.42. The van der Waals surface area contributed by atoms with Crippen molar-refractivity contribution in [3.05, 3.63) is 21.9 Å². The van der Waals surface area contributed by atoms with Gasteiger partial charge in [0, 0.05) is 29.3 Å². The number of aromatic nitrogens is 1. The van der Waals surface area contributed by atoms with Gasteiger partial charge in [0.2, 0.25) is 10.0 Å². The Bertz CT molecular complexity index is 625. The molecule has 2 aliphatic heterocycles. The molecule has 0 radical (unpaired) electrons. The molecule has 2 fully saturated rings. The lowest BCUT2D eigenvalue weighted by atomic mass is 10.1. The Balaban J connectivity index is 1.84. The second-order valence-electron chi connectivity index (χ2n) is 5.20. The van der Waals surface area contributed by atoms with E-state index >= 15 is 0 Å². The number of sulfonamides is 1. The summed E-state index contributed by atoms with van der Waals surface area (Å²) >= 11 is 9.14. The number of hydrogen-bond acceptors (Lipinski definition) is 4. The summed E-state index contributed by atoms with van der Waals surface area (Å²) in [6.45, 7) is 2.03. The number of rotatable bonds is 3. The molecule has 20 heavy (non-hydrogen) atoms. The maximum absolute atomic E-state index is 12.5. The summed E-state index contributed by atoms with van der Waals surface area (Å²) in [7, 11) is -3.64. The first-order valence-electron chi connectivity index (χ1n) is 6.55. The molecule has 2 atom stereocenters. The van der Waals surface area contributed by atoms with Crippen LogP contribution in [0.25, 0.3) is 0 Å². The Morgan fingerprint density at radius 2 is 2.20 bits per heavy atom. The fraction of sp³-hybridized carbons (Fsp3) is 0.583. The molecule has 3 rings (SSSR count). The third-order valence-electron chi connectivity index (χ3n) is 3.98. The van der Waals surface area contributed by atoms with Crippen LogP contribution in [0.5, 0.6) is 0 Å². The largest absolute Gasteiger partial charge is 0.299 e. The van der Waals surface area contributed by atoms with Gasteiger partial charge in [0.15, 0.2) is 0 Å². The van der Waals surface area contributed by atoms with Crippen molar-refractivity contribution in [2.24, 2.45) is 0 Å². The van der Waals surface area contributed by atoms with E-state index in [4.69, 9.17) is 11.6 Å². The molecule has 0 spiro atoms. The van der Waals surface area contributed by atoms with Crippen LogP contribution in [0.15, 0.2) is 21.6 Å². The van der Waals surface area contributed by atoms with Crippen molar-refractivity contribution in [1.29, 1.82) is 0 Å². The van der Waals surface area contributed by atoms with Crippen LogP contribution >= 0.6 is 27.5 Å². The van der Waals surface area contributed by atoms with E-state index in [1.54, 1.807) is 0 Å². The van der Waals surface area contributed by atoms with Gasteiger partial charge >= 0.3 is 0 Å². The maximum atomic E-state index is 12.5. The summed E-state index contributed by atoms with van der Waals surface area (Å²) in [5.41, 5.74) is 0. The Hall–Kier alpha value is -0.210. The van der Waals surface area contributed by atoms with Crippen molar-refractivity contribution in [3.63, 3.8) is 0 Å². The Labute approximate surface area is 131 Å². The van der Waals surface area contributed by atoms with Crippen molar-refractivity contribution in [1.82, 2.24) is 14.6 Å². The van der Waals surface area contributed by atoms with E-state index in [-0.39, 0.29) is 16.1 Å². The zero-order valence-electron chi connectivity index (χ0n) is 10.7. The van der Waals surface area contributed by atoms with Gasteiger partial charge in [0.1, 0.15) is 10.0 Å². The molecule has 110 valence electrons. The number of hydrogen-bond donors (Lipinski definition) is 1. The fourth-order valence-corrected chi connectivity index (χ4v) is 5.32. The molecule has 2 aliphatic rings. The summed E-state index contributed by atoms with van der Waals surface area (Å²) in [5, 5.41) is 0.00183. The number of halogens is 2. The van der Waals surface area contributed by atoms with Crippen LogP contribution in [0.3, 0.4) is 0 Å². The molecule has 2 saturated heterocycles. The molecule has 2 unspecified atom stereocenters. The van der Waals surface area contributed by atoms with Crippen LogP contribution in [-0.2, 0) is 10.0 Å². The highest BCUT2D eigenvalue weighted by atomic mass is 79.9. The van der Waals surface area contributed by atoms with Crippen molar-refractivity contribution < 1.29 is 8.42 Å². The van der Waals surface area contributed by atoms with Gasteiger partial charge in [0.25, 0.3) is 0 Å². The predicted octanol–water partition coefficient (Wildman–Crippen LogP) is 2.01. The minimum absolute atomic E-state index is 0.00183. The normalized spacial score (nSPS) is 26.9. The lowest BCUT2D eigenvalue weighted by molar-refractivity contribution is 0.309. The molecule has 8 heteroatoms. The molecule has 0 bridgehead atoms. The van der Waals surface area contributed by atoms with Crippen molar-refractivity contribution in [2.45, 2.75) is 36.2 Å². The van der Waals surface area contributed by atoms with Crippen LogP contribution in [0.4, 0.5) is 0 Å². The second-order valence-corrected chi connectivity index (χ2v) is 8.16. The van der Waals surface area contributed by atoms with Gasteiger partial charge in [-0.15, -0.1) is 0 Å². The number of pyridine rings is 1. The van der Waals surface area contributed by atoms with Crippen LogP contribution in [-0.4, -0.2) is 43.5 Å². The van der Waals surface area contributed by atoms with Gasteiger partial charge in [-0.05, 0) is 47.8 Å². The summed E-state index contributed by atoms with van der Waals surface area (Å²) in [5.74, 6) is 0. The minimum Gasteiger partial charge on any atom is -0.299 e. The van der Waals surface area contributed by atoms with Gasteiger partial charge in [-0.2, -0.15) is 0 Å². The molecule has 0 saturated carbocycles. The van der Waals surface area contributed by atoms with Crippen molar-refractivity contribution >= 4 is 37.6 Å². The molecular formula is C12H15BrClN3O2S. The quantitative estimate of drug-likeness (QED) is 0.815. The number of nitrogens with zero attached hydrogens (tertiary/aromatic N) is 2. The highest BCUT2D eigenvalue weighted by molar-refractivity contribution is 9.10. The van der Waals surface area contributed by atoms with Crippen LogP contribution in [0, 0.1) is 0 Å². The smallest absolute Gasteiger partial charge is 0.243 e. The zero-order chi connectivity index (χ0) is 14.3. The van der Waals surface area contributed by atoms with E-state index in [2.05, 4.69) is 30.5 Å². The fourth-order valence-electron chi connectivity index (χ4n) is 3.08. The molecule has 0 aromatic carbocycles. The van der Waals surface area contributed by atoms with E-state index in [1.165, 1.54) is 12.3 Å². The average Bonchev–Trinajstić information content (AvgIpc) is 2.97. The summed E-state index contributed by atoms with van der Waals surface area (Å²) in [6.07, 6.45) is 4.53. The summed E-state index contributed by atoms with van der Waals surface area (Å²) < 4.78 is 28.3. The first-order valence-corrected chi connectivity index (χ1v) is 9.20. The molecule has 5 nitrogen and oxygen atoms in total. The number of nitrogens with one attached hydrogen (secondary N) is 1. The molecule has 0 amide bonds. The molecule has 0 aliphatic carbocycles. The molecular weight excluding hydrogens is 366 g/mol. The molecule has 1 aromatic rings. The second kappa shape index (κ2) is 5.53. The standard InChI is InChI=1S/C12H15BrClN3O2S/c13-8-6-11(12(14)15-7-8)20(18,19)16-9-3-5-17-4-1-2-10(9)17/h6-7,9-10,16H,1-5H2. The highest BCUT2D eigenvalue weighted by Gasteiger charge is 2.39. The SMILES string of the molecule is O=S(=O)(NC1CCN2CCCC12)c1cc(Br)cnc1Cl. The van der Waals surface area contributed by atoms with E-state index in [1.807, 2.05) is 0 Å². The summed E-state index contributed by atoms with van der Waals surface area (Å²) in [6, 6.07) is 1.78. The topological polar surface area (TPSA) is 62.3 Å². The minimum atomic E-state index is -3.64. The van der Waals surface area contributed by atoms with Gasteiger partial charge in [-0.1, -0.05) is 11.6 Å². The van der Waals surface area contributed by atoms with Gasteiger partial charge in [-0.3, -0.25) is 4.90 Å². The van der Waals surface area contributed by atoms with E-state index in [0.29, 0.717) is 10.5 Å². The molecule has 1 aromatic heterocycles. The van der Waals surface area contributed by atoms with Gasteiger partial charge in [0.05, 0.1) is 0 Å². The third-order valence-corrected chi connectivity index (χ3v) is 6.33. The average molecular weight is 381 g/mol. The first-order chi connectivity index (χ1) is 9.47. The Morgan fingerprint density at radius 1 is 1.40 bits per heavy atom. The Morgan fingerprint density at radius 3 is 3.00 bits per heavy atom. The van der Waals surface area contributed by atoms with Crippen molar-refractivity contribution in [2.75, 3.05) is 13.1 Å². The Kier molecular flexibility index (Phi) is 4.07. The van der Waals surface area contributed by atoms with Crippen LogP contribution in [0.1, 0.15) is 19.3 Å². The number of fused-ring (bicyclic) bond motifs is 1. The van der Waals surface area contributed by atoms with Gasteiger partial charge < -0.3 is 0 Å². The third kappa shape index (κ3) is 2.74. The monoisotopic (exact) mass is 379 g/mol. The van der Waals surface area contributed by atoms with Crippen LogP contribution in [0.2, 0.25) is 5.15 Å². The summed E-state index contributed by atoms with van der Waals surface area (Å²) in [4.78, 5) is 6.26. The van der Waals surface area contributed by atoms with Crippen molar-refractivity contribution in [3.8, 4) is 0 Å². The van der Waals surface area contributed by atoms with E-state index in [9.17, 15) is 8.42 Å².